The van der Waals surface area contributed by atoms with E-state index in [-0.39, 0.29) is 46.4 Å². The highest BCUT2D eigenvalue weighted by Crippen LogP contribution is 2.43. The predicted octanol–water partition coefficient (Wildman–Crippen LogP) is 9.17. The number of hydrogen-bond acceptors (Lipinski definition) is 8. The molecule has 0 atom stereocenters. The maximum absolute atomic E-state index is 12.8. The standard InChI is InChI=1S/C39H71N3O6/c1-36(2)26-32(27-37(3,4)41(36)47-30-20-14-12-15-21-30)45-34(43)24-18-10-9-11-19-25-40-35(44)46-33-28-38(5,6)42(39(7,8)29-33)48-31-22-16-13-17-23-31/h30-33H,9-29H2,1-8H3,(H,40,44). The predicted molar refractivity (Wildman–Crippen MR) is 190 cm³/mol. The van der Waals surface area contributed by atoms with Crippen LogP contribution in [0.4, 0.5) is 4.79 Å². The first kappa shape index (κ1) is 39.4. The Morgan fingerprint density at radius 1 is 0.542 bits per heavy atom. The van der Waals surface area contributed by atoms with E-state index in [2.05, 4.69) is 70.8 Å². The summed E-state index contributed by atoms with van der Waals surface area (Å²) in [4.78, 5) is 38.6. The summed E-state index contributed by atoms with van der Waals surface area (Å²) < 4.78 is 11.9. The largest absolute Gasteiger partial charge is 0.462 e. The molecule has 9 heteroatoms. The zero-order chi connectivity index (χ0) is 35.0. The molecular weight excluding hydrogens is 606 g/mol. The highest BCUT2D eigenvalue weighted by Gasteiger charge is 2.50. The SMILES string of the molecule is CC1(C)CC(OC(=O)CCCCCCCNC(=O)OC2CC(C)(C)N(OC3CCCCC3)C(C)(C)C2)CC(C)(C)N1OC1CCCCC1. The second-order valence-electron chi connectivity index (χ2n) is 18.0. The highest BCUT2D eigenvalue weighted by atomic mass is 16.7. The van der Waals surface area contributed by atoms with Crippen molar-refractivity contribution in [3.8, 4) is 0 Å². The second-order valence-corrected chi connectivity index (χ2v) is 18.0. The lowest BCUT2D eigenvalue weighted by Crippen LogP contribution is -2.63. The minimum absolute atomic E-state index is 0.0842. The first-order valence-corrected chi connectivity index (χ1v) is 19.7. The quantitative estimate of drug-likeness (QED) is 0.144. The van der Waals surface area contributed by atoms with Crippen molar-refractivity contribution in [3.05, 3.63) is 0 Å². The van der Waals surface area contributed by atoms with Gasteiger partial charge in [0.1, 0.15) is 12.2 Å². The maximum atomic E-state index is 12.8. The van der Waals surface area contributed by atoms with Crippen LogP contribution in [-0.4, -0.2) is 75.3 Å². The number of piperidine rings is 2. The summed E-state index contributed by atoms with van der Waals surface area (Å²) in [6.07, 6.45) is 20.5. The van der Waals surface area contributed by atoms with Gasteiger partial charge in [0.25, 0.3) is 0 Å². The van der Waals surface area contributed by atoms with Gasteiger partial charge in [-0.1, -0.05) is 57.8 Å². The van der Waals surface area contributed by atoms with E-state index >= 15 is 0 Å². The Morgan fingerprint density at radius 2 is 0.938 bits per heavy atom. The molecule has 2 aliphatic heterocycles. The van der Waals surface area contributed by atoms with E-state index in [0.717, 1.165) is 83.5 Å². The van der Waals surface area contributed by atoms with Crippen molar-refractivity contribution in [1.82, 2.24) is 15.4 Å². The third-order valence-electron chi connectivity index (χ3n) is 11.1. The molecule has 0 aromatic rings. The summed E-state index contributed by atoms with van der Waals surface area (Å²) in [5.41, 5.74) is -0.827. The van der Waals surface area contributed by atoms with E-state index < -0.39 is 0 Å². The molecule has 9 nitrogen and oxygen atoms in total. The summed E-state index contributed by atoms with van der Waals surface area (Å²) >= 11 is 0. The van der Waals surface area contributed by atoms with Gasteiger partial charge in [-0.3, -0.25) is 14.5 Å². The van der Waals surface area contributed by atoms with Crippen molar-refractivity contribution in [2.75, 3.05) is 6.54 Å². The van der Waals surface area contributed by atoms with Crippen molar-refractivity contribution >= 4 is 12.1 Å². The van der Waals surface area contributed by atoms with Crippen LogP contribution in [0.1, 0.15) is 184 Å². The van der Waals surface area contributed by atoms with Gasteiger partial charge in [-0.15, -0.1) is 0 Å². The molecule has 2 saturated heterocycles. The lowest BCUT2D eigenvalue weighted by molar-refractivity contribution is -0.318. The van der Waals surface area contributed by atoms with Gasteiger partial charge in [0.05, 0.1) is 12.2 Å². The highest BCUT2D eigenvalue weighted by molar-refractivity contribution is 5.69. The maximum Gasteiger partial charge on any atom is 0.407 e. The number of rotatable bonds is 14. The van der Waals surface area contributed by atoms with E-state index in [1.807, 2.05) is 0 Å². The monoisotopic (exact) mass is 678 g/mol. The van der Waals surface area contributed by atoms with E-state index in [4.69, 9.17) is 19.1 Å². The minimum Gasteiger partial charge on any atom is -0.462 e. The number of ether oxygens (including phenoxy) is 2. The summed E-state index contributed by atoms with van der Waals surface area (Å²) in [5.74, 6) is -0.0876. The summed E-state index contributed by atoms with van der Waals surface area (Å²) in [5, 5.41) is 7.38. The average Bonchev–Trinajstić information content (AvgIpc) is 2.98. The molecule has 0 aromatic heterocycles. The fourth-order valence-corrected chi connectivity index (χ4v) is 9.27. The first-order valence-electron chi connectivity index (χ1n) is 19.7. The molecule has 0 radical (unpaired) electrons. The number of esters is 1. The van der Waals surface area contributed by atoms with Crippen molar-refractivity contribution in [1.29, 1.82) is 0 Å². The van der Waals surface area contributed by atoms with Crippen LogP contribution in [-0.2, 0) is 23.9 Å². The van der Waals surface area contributed by atoms with Crippen LogP contribution in [0.5, 0.6) is 0 Å². The van der Waals surface area contributed by atoms with E-state index in [0.29, 0.717) is 25.2 Å². The topological polar surface area (TPSA) is 89.6 Å². The Kier molecular flexibility index (Phi) is 14.1. The van der Waals surface area contributed by atoms with Crippen LogP contribution in [0.3, 0.4) is 0 Å². The van der Waals surface area contributed by atoms with Crippen molar-refractivity contribution in [2.24, 2.45) is 0 Å². The summed E-state index contributed by atoms with van der Waals surface area (Å²) in [6.45, 7) is 18.2. The Bertz CT molecular complexity index is 901. The zero-order valence-corrected chi connectivity index (χ0v) is 32.0. The number of alkyl carbamates (subject to hydrolysis) is 1. The Balaban J connectivity index is 1.06. The Hall–Kier alpha value is -1.42. The Labute approximate surface area is 292 Å². The van der Waals surface area contributed by atoms with Crippen LogP contribution in [0.15, 0.2) is 0 Å². The summed E-state index contributed by atoms with van der Waals surface area (Å²) in [7, 11) is 0. The second kappa shape index (κ2) is 17.2. The van der Waals surface area contributed by atoms with E-state index in [1.54, 1.807) is 0 Å². The Morgan fingerprint density at radius 3 is 1.40 bits per heavy atom. The summed E-state index contributed by atoms with van der Waals surface area (Å²) in [6, 6.07) is 0. The molecule has 48 heavy (non-hydrogen) atoms. The van der Waals surface area contributed by atoms with E-state index in [9.17, 15) is 9.59 Å². The molecule has 278 valence electrons. The molecule has 1 N–H and O–H groups in total. The van der Waals surface area contributed by atoms with Gasteiger partial charge in [-0.25, -0.2) is 4.79 Å². The van der Waals surface area contributed by atoms with Crippen molar-refractivity contribution < 1.29 is 28.7 Å². The van der Waals surface area contributed by atoms with Crippen LogP contribution >= 0.6 is 0 Å². The number of carbonyl (C=O) groups is 2. The first-order chi connectivity index (χ1) is 22.6. The van der Waals surface area contributed by atoms with Gasteiger partial charge >= 0.3 is 12.1 Å². The molecule has 0 unspecified atom stereocenters. The molecule has 4 fully saturated rings. The molecule has 4 aliphatic rings. The van der Waals surface area contributed by atoms with Gasteiger partial charge in [0, 0.05) is 60.8 Å². The molecule has 0 aromatic carbocycles. The van der Waals surface area contributed by atoms with Gasteiger partial charge in [-0.2, -0.15) is 10.1 Å². The minimum atomic E-state index is -0.325. The smallest absolute Gasteiger partial charge is 0.407 e. The van der Waals surface area contributed by atoms with Gasteiger partial charge in [0.15, 0.2) is 0 Å². The van der Waals surface area contributed by atoms with Gasteiger partial charge in [0.2, 0.25) is 0 Å². The number of amides is 1. The molecule has 0 spiro atoms. The van der Waals surface area contributed by atoms with Crippen molar-refractivity contribution in [3.63, 3.8) is 0 Å². The normalized spacial score (nSPS) is 25.8. The van der Waals surface area contributed by atoms with Crippen LogP contribution in [0, 0.1) is 0 Å². The molecule has 2 saturated carbocycles. The number of unbranched alkanes of at least 4 members (excludes halogenated alkanes) is 4. The van der Waals surface area contributed by atoms with Crippen LogP contribution in [0.25, 0.3) is 0 Å². The number of hydroxylamine groups is 4. The molecule has 2 heterocycles. The third kappa shape index (κ3) is 11.6. The molecule has 2 aliphatic carbocycles. The molecule has 4 rings (SSSR count). The lowest BCUT2D eigenvalue weighted by atomic mass is 9.80. The van der Waals surface area contributed by atoms with Crippen LogP contribution < -0.4 is 5.32 Å². The molecule has 1 amide bonds. The van der Waals surface area contributed by atoms with E-state index in [1.165, 1.54) is 38.5 Å². The lowest BCUT2D eigenvalue weighted by Gasteiger charge is -2.54. The fraction of sp³-hybridized carbons (Fsp3) is 0.949. The van der Waals surface area contributed by atoms with Crippen LogP contribution in [0.2, 0.25) is 0 Å². The number of hydrogen-bond donors (Lipinski definition) is 1. The average molecular weight is 678 g/mol. The van der Waals surface area contributed by atoms with Gasteiger partial charge < -0.3 is 14.8 Å². The molecular formula is C39H71N3O6. The van der Waals surface area contributed by atoms with Crippen molar-refractivity contribution in [2.45, 2.75) is 230 Å². The number of nitrogens with zero attached hydrogens (tertiary/aromatic N) is 2. The third-order valence-corrected chi connectivity index (χ3v) is 11.1. The number of carbonyl (C=O) groups excluding carboxylic acids is 2. The fourth-order valence-electron chi connectivity index (χ4n) is 9.27. The zero-order valence-electron chi connectivity index (χ0n) is 32.0. The van der Waals surface area contributed by atoms with Gasteiger partial charge in [-0.05, 0) is 93.9 Å². The number of nitrogens with one attached hydrogen (secondary N) is 1. The molecule has 0 bridgehead atoms.